The van der Waals surface area contributed by atoms with Crippen molar-refractivity contribution in [2.24, 2.45) is 0 Å². The topological polar surface area (TPSA) is 50.1 Å². The minimum atomic E-state index is -0.621. The summed E-state index contributed by atoms with van der Waals surface area (Å²) in [6.07, 6.45) is 0. The van der Waals surface area contributed by atoms with E-state index in [1.54, 1.807) is 6.92 Å². The Balaban J connectivity index is 3.32. The highest BCUT2D eigenvalue weighted by Gasteiger charge is 2.17. The number of hydrogen-bond donors (Lipinski definition) is 0. The number of nitrogens with zero attached hydrogens (tertiary/aromatic N) is 1. The van der Waals surface area contributed by atoms with Crippen LogP contribution in [0.2, 0.25) is 0 Å². The van der Waals surface area contributed by atoms with Gasteiger partial charge in [0.1, 0.15) is 5.82 Å². The second-order valence-electron chi connectivity index (χ2n) is 2.95. The first-order valence-electron chi connectivity index (χ1n) is 4.59. The summed E-state index contributed by atoms with van der Waals surface area (Å²) in [6.45, 7) is 1.87. The van der Waals surface area contributed by atoms with Crippen molar-refractivity contribution in [3.05, 3.63) is 34.6 Å². The SMILES string of the molecule is CCOC(=O)c1cc(F)cc(C#N)c1CBr. The number of ether oxygens (including phenoxy) is 1. The summed E-state index contributed by atoms with van der Waals surface area (Å²) < 4.78 is 17.9. The molecular formula is C11H9BrFNO2. The van der Waals surface area contributed by atoms with E-state index in [1.807, 2.05) is 6.07 Å². The molecule has 3 nitrogen and oxygen atoms in total. The molecule has 0 saturated carbocycles. The third kappa shape index (κ3) is 2.58. The zero-order valence-corrected chi connectivity index (χ0v) is 10.2. The van der Waals surface area contributed by atoms with Gasteiger partial charge in [0.2, 0.25) is 0 Å². The van der Waals surface area contributed by atoms with Gasteiger partial charge in [0, 0.05) is 5.33 Å². The van der Waals surface area contributed by atoms with Gasteiger partial charge in [-0.2, -0.15) is 5.26 Å². The van der Waals surface area contributed by atoms with E-state index in [0.717, 1.165) is 12.1 Å². The number of esters is 1. The van der Waals surface area contributed by atoms with Gasteiger partial charge in [-0.25, -0.2) is 9.18 Å². The first kappa shape index (κ1) is 12.7. The lowest BCUT2D eigenvalue weighted by Gasteiger charge is -2.08. The molecule has 0 N–H and O–H groups in total. The fraction of sp³-hybridized carbons (Fsp3) is 0.273. The number of alkyl halides is 1. The molecule has 0 bridgehead atoms. The van der Waals surface area contributed by atoms with Crippen molar-refractivity contribution in [1.29, 1.82) is 5.26 Å². The molecule has 0 amide bonds. The molecule has 1 aromatic carbocycles. The maximum absolute atomic E-state index is 13.2. The average Bonchev–Trinajstić information content (AvgIpc) is 2.28. The van der Waals surface area contributed by atoms with Gasteiger partial charge in [0.15, 0.2) is 0 Å². The zero-order chi connectivity index (χ0) is 12.1. The van der Waals surface area contributed by atoms with Crippen LogP contribution < -0.4 is 0 Å². The molecule has 0 saturated heterocycles. The van der Waals surface area contributed by atoms with E-state index in [0.29, 0.717) is 10.9 Å². The molecule has 0 aliphatic heterocycles. The second-order valence-corrected chi connectivity index (χ2v) is 3.51. The van der Waals surface area contributed by atoms with Crippen molar-refractivity contribution in [2.75, 3.05) is 6.61 Å². The Morgan fingerprint density at radius 1 is 1.62 bits per heavy atom. The molecule has 0 aromatic heterocycles. The molecule has 0 radical (unpaired) electrons. The van der Waals surface area contributed by atoms with Gasteiger partial charge in [0.05, 0.1) is 23.8 Å². The number of carbonyl (C=O) groups is 1. The Morgan fingerprint density at radius 2 is 2.31 bits per heavy atom. The van der Waals surface area contributed by atoms with Crippen molar-refractivity contribution in [3.8, 4) is 6.07 Å². The Morgan fingerprint density at radius 3 is 2.81 bits per heavy atom. The fourth-order valence-corrected chi connectivity index (χ4v) is 1.88. The van der Waals surface area contributed by atoms with E-state index in [9.17, 15) is 9.18 Å². The summed E-state index contributed by atoms with van der Waals surface area (Å²) in [5.41, 5.74) is 0.678. The fourth-order valence-electron chi connectivity index (χ4n) is 1.27. The van der Waals surface area contributed by atoms with Crippen LogP contribution in [0.25, 0.3) is 0 Å². The van der Waals surface area contributed by atoms with E-state index in [1.165, 1.54) is 0 Å². The van der Waals surface area contributed by atoms with E-state index in [4.69, 9.17) is 10.00 Å². The van der Waals surface area contributed by atoms with Gasteiger partial charge >= 0.3 is 5.97 Å². The minimum Gasteiger partial charge on any atom is -0.462 e. The monoisotopic (exact) mass is 285 g/mol. The quantitative estimate of drug-likeness (QED) is 0.634. The van der Waals surface area contributed by atoms with Crippen LogP contribution in [-0.4, -0.2) is 12.6 Å². The molecule has 0 fully saturated rings. The minimum absolute atomic E-state index is 0.0928. The summed E-state index contributed by atoms with van der Waals surface area (Å²) in [5.74, 6) is -1.24. The lowest BCUT2D eigenvalue weighted by molar-refractivity contribution is 0.0525. The van der Waals surface area contributed by atoms with Crippen LogP contribution in [-0.2, 0) is 10.1 Å². The van der Waals surface area contributed by atoms with Crippen LogP contribution in [0.3, 0.4) is 0 Å². The molecule has 0 aliphatic carbocycles. The maximum atomic E-state index is 13.2. The highest BCUT2D eigenvalue weighted by atomic mass is 79.9. The smallest absolute Gasteiger partial charge is 0.338 e. The predicted molar refractivity (Wildman–Crippen MR) is 59.7 cm³/mol. The molecule has 16 heavy (non-hydrogen) atoms. The van der Waals surface area contributed by atoms with Gasteiger partial charge in [-0.1, -0.05) is 15.9 Å². The normalized spacial score (nSPS) is 9.62. The first-order chi connectivity index (χ1) is 7.63. The zero-order valence-electron chi connectivity index (χ0n) is 8.59. The van der Waals surface area contributed by atoms with Crippen LogP contribution in [0.15, 0.2) is 12.1 Å². The first-order valence-corrected chi connectivity index (χ1v) is 5.71. The highest BCUT2D eigenvalue weighted by Crippen LogP contribution is 2.20. The Bertz CT molecular complexity index is 454. The number of rotatable bonds is 3. The molecule has 1 rings (SSSR count). The molecule has 84 valence electrons. The summed E-state index contributed by atoms with van der Waals surface area (Å²) >= 11 is 3.16. The number of carbonyl (C=O) groups excluding carboxylic acids is 1. The second kappa shape index (κ2) is 5.61. The summed E-state index contributed by atoms with van der Waals surface area (Å²) in [6, 6.07) is 4.02. The largest absolute Gasteiger partial charge is 0.462 e. The lowest BCUT2D eigenvalue weighted by atomic mass is 10.0. The Labute approximate surface area is 101 Å². The lowest BCUT2D eigenvalue weighted by Crippen LogP contribution is -2.09. The van der Waals surface area contributed by atoms with E-state index in [-0.39, 0.29) is 17.7 Å². The molecule has 1 aromatic rings. The van der Waals surface area contributed by atoms with E-state index in [2.05, 4.69) is 15.9 Å². The molecule has 0 spiro atoms. The van der Waals surface area contributed by atoms with Crippen molar-refractivity contribution in [2.45, 2.75) is 12.3 Å². The molecule has 0 atom stereocenters. The third-order valence-electron chi connectivity index (χ3n) is 1.96. The van der Waals surface area contributed by atoms with Crippen molar-refractivity contribution < 1.29 is 13.9 Å². The van der Waals surface area contributed by atoms with Crippen LogP contribution >= 0.6 is 15.9 Å². The van der Waals surface area contributed by atoms with Crippen molar-refractivity contribution >= 4 is 21.9 Å². The maximum Gasteiger partial charge on any atom is 0.338 e. The predicted octanol–water partition coefficient (Wildman–Crippen LogP) is 2.77. The van der Waals surface area contributed by atoms with Crippen LogP contribution in [0.1, 0.15) is 28.4 Å². The van der Waals surface area contributed by atoms with Gasteiger partial charge in [-0.05, 0) is 24.6 Å². The average molecular weight is 286 g/mol. The van der Waals surface area contributed by atoms with Gasteiger partial charge < -0.3 is 4.74 Å². The summed E-state index contributed by atoms with van der Waals surface area (Å²) in [7, 11) is 0. The van der Waals surface area contributed by atoms with Gasteiger partial charge in [-0.3, -0.25) is 0 Å². The number of hydrogen-bond acceptors (Lipinski definition) is 3. The Kier molecular flexibility index (Phi) is 4.44. The molecule has 0 aliphatic rings. The van der Waals surface area contributed by atoms with Crippen LogP contribution in [0.5, 0.6) is 0 Å². The van der Waals surface area contributed by atoms with E-state index < -0.39 is 11.8 Å². The molecule has 5 heteroatoms. The van der Waals surface area contributed by atoms with Crippen molar-refractivity contribution in [3.63, 3.8) is 0 Å². The third-order valence-corrected chi connectivity index (χ3v) is 2.52. The number of benzene rings is 1. The van der Waals surface area contributed by atoms with Crippen LogP contribution in [0, 0.1) is 17.1 Å². The van der Waals surface area contributed by atoms with Crippen molar-refractivity contribution in [1.82, 2.24) is 0 Å². The Hall–Kier alpha value is -1.41. The molecular weight excluding hydrogens is 277 g/mol. The van der Waals surface area contributed by atoms with Gasteiger partial charge in [0.25, 0.3) is 0 Å². The summed E-state index contributed by atoms with van der Waals surface area (Å²) in [5, 5.41) is 9.12. The number of halogens is 2. The summed E-state index contributed by atoms with van der Waals surface area (Å²) in [4.78, 5) is 11.5. The van der Waals surface area contributed by atoms with Gasteiger partial charge in [-0.15, -0.1) is 0 Å². The molecule has 0 heterocycles. The standard InChI is InChI=1S/C11H9BrFNO2/c1-2-16-11(15)9-4-8(13)3-7(6-14)10(9)5-12/h3-4H,2,5H2,1H3. The highest BCUT2D eigenvalue weighted by molar-refractivity contribution is 9.08. The van der Waals surface area contributed by atoms with E-state index >= 15 is 0 Å². The number of nitriles is 1. The van der Waals surface area contributed by atoms with Crippen LogP contribution in [0.4, 0.5) is 4.39 Å². The molecule has 0 unspecified atom stereocenters.